The van der Waals surface area contributed by atoms with Crippen LogP contribution in [0.3, 0.4) is 0 Å². The van der Waals surface area contributed by atoms with Crippen LogP contribution < -0.4 is 10.2 Å². The van der Waals surface area contributed by atoms with Crippen LogP contribution in [0.4, 0.5) is 16.3 Å². The van der Waals surface area contributed by atoms with Crippen molar-refractivity contribution in [3.63, 3.8) is 0 Å². The normalized spacial score (nSPS) is 14.8. The van der Waals surface area contributed by atoms with E-state index in [9.17, 15) is 4.79 Å². The maximum atomic E-state index is 12.3. The van der Waals surface area contributed by atoms with Crippen LogP contribution in [0.2, 0.25) is 0 Å². The van der Waals surface area contributed by atoms with E-state index in [0.29, 0.717) is 13.1 Å². The second kappa shape index (κ2) is 6.91. The van der Waals surface area contributed by atoms with Gasteiger partial charge in [0.1, 0.15) is 5.82 Å². The van der Waals surface area contributed by atoms with Gasteiger partial charge in [-0.05, 0) is 46.9 Å². The largest absolute Gasteiger partial charge is 0.352 e. The third-order valence-corrected chi connectivity index (χ3v) is 4.26. The predicted octanol–water partition coefficient (Wildman–Crippen LogP) is 2.44. The Bertz CT molecular complexity index is 626. The molecule has 2 amide bonds. The van der Waals surface area contributed by atoms with Gasteiger partial charge in [0, 0.05) is 47.8 Å². The molecule has 1 saturated heterocycles. The number of rotatable bonds is 2. The zero-order chi connectivity index (χ0) is 15.4. The average molecular weight is 409 g/mol. The molecule has 0 spiro atoms. The minimum absolute atomic E-state index is 0.0556. The number of amides is 2. The van der Waals surface area contributed by atoms with Crippen LogP contribution in [0.15, 0.2) is 42.9 Å². The molecule has 0 saturated carbocycles. The second-order valence-corrected chi connectivity index (χ2v) is 6.22. The summed E-state index contributed by atoms with van der Waals surface area (Å²) in [6.45, 7) is 2.87. The van der Waals surface area contributed by atoms with E-state index in [2.05, 4.69) is 42.8 Å². The number of hydrogen-bond donors (Lipinski definition) is 1. The molecule has 0 radical (unpaired) electrons. The van der Waals surface area contributed by atoms with E-state index in [1.807, 2.05) is 29.2 Å². The first kappa shape index (κ1) is 15.0. The highest BCUT2D eigenvalue weighted by molar-refractivity contribution is 14.1. The van der Waals surface area contributed by atoms with Gasteiger partial charge >= 0.3 is 6.03 Å². The van der Waals surface area contributed by atoms with Crippen molar-refractivity contribution in [2.45, 2.75) is 0 Å². The lowest BCUT2D eigenvalue weighted by Crippen LogP contribution is -2.50. The molecule has 1 fully saturated rings. The van der Waals surface area contributed by atoms with E-state index in [0.717, 1.165) is 28.2 Å². The Morgan fingerprint density at radius 2 is 1.82 bits per heavy atom. The average Bonchev–Trinajstić information content (AvgIpc) is 2.58. The van der Waals surface area contributed by atoms with Crippen molar-refractivity contribution in [3.8, 4) is 0 Å². The lowest BCUT2D eigenvalue weighted by molar-refractivity contribution is 0.208. The summed E-state index contributed by atoms with van der Waals surface area (Å²) in [5.41, 5.74) is 0.821. The number of piperazine rings is 1. The zero-order valence-electron chi connectivity index (χ0n) is 11.9. The van der Waals surface area contributed by atoms with Crippen molar-refractivity contribution in [1.82, 2.24) is 14.9 Å². The fourth-order valence-corrected chi connectivity index (χ4v) is 2.69. The number of nitrogens with one attached hydrogen (secondary N) is 1. The Kier molecular flexibility index (Phi) is 4.71. The molecule has 3 rings (SSSR count). The molecule has 6 nitrogen and oxygen atoms in total. The van der Waals surface area contributed by atoms with Gasteiger partial charge in [-0.2, -0.15) is 0 Å². The number of carbonyl (C=O) groups excluding carboxylic acids is 1. The van der Waals surface area contributed by atoms with Crippen LogP contribution in [-0.2, 0) is 0 Å². The topological polar surface area (TPSA) is 61.4 Å². The maximum absolute atomic E-state index is 12.3. The van der Waals surface area contributed by atoms with Crippen LogP contribution in [0.1, 0.15) is 0 Å². The summed E-state index contributed by atoms with van der Waals surface area (Å²) < 4.78 is 1.15. The highest BCUT2D eigenvalue weighted by Crippen LogP contribution is 2.14. The van der Waals surface area contributed by atoms with Crippen LogP contribution in [-0.4, -0.2) is 47.1 Å². The van der Waals surface area contributed by atoms with Crippen molar-refractivity contribution >= 4 is 40.1 Å². The summed E-state index contributed by atoms with van der Waals surface area (Å²) in [6.07, 6.45) is 5.10. The Hall–Kier alpha value is -1.90. The van der Waals surface area contributed by atoms with E-state index in [-0.39, 0.29) is 6.03 Å². The number of nitrogens with zero attached hydrogens (tertiary/aromatic N) is 4. The second-order valence-electron chi connectivity index (χ2n) is 4.97. The molecule has 7 heteroatoms. The summed E-state index contributed by atoms with van der Waals surface area (Å²) in [7, 11) is 0. The molecule has 22 heavy (non-hydrogen) atoms. The van der Waals surface area contributed by atoms with E-state index in [1.54, 1.807) is 18.6 Å². The summed E-state index contributed by atoms with van der Waals surface area (Å²) in [4.78, 5) is 24.6. The Balaban J connectivity index is 1.54. The summed E-state index contributed by atoms with van der Waals surface area (Å²) in [5, 5.41) is 2.93. The van der Waals surface area contributed by atoms with E-state index in [4.69, 9.17) is 0 Å². The number of benzene rings is 1. The standard InChI is InChI=1S/C15H16IN5O/c16-12-1-3-13(4-2-12)19-15(22)21-9-7-20(8-10-21)14-11-17-5-6-18-14/h1-6,11H,7-10H2,(H,19,22). The molecule has 1 aliphatic rings. The SMILES string of the molecule is O=C(Nc1ccc(I)cc1)N1CCN(c2cnccn2)CC1. The molecular weight excluding hydrogens is 393 g/mol. The van der Waals surface area contributed by atoms with Crippen molar-refractivity contribution in [2.24, 2.45) is 0 Å². The summed E-state index contributed by atoms with van der Waals surface area (Å²) in [6, 6.07) is 7.72. The molecule has 2 heterocycles. The van der Waals surface area contributed by atoms with E-state index in [1.165, 1.54) is 0 Å². The minimum atomic E-state index is -0.0556. The first-order chi connectivity index (χ1) is 10.7. The first-order valence-electron chi connectivity index (χ1n) is 7.05. The molecule has 0 unspecified atom stereocenters. The molecule has 0 atom stereocenters. The molecule has 2 aromatic rings. The Labute approximate surface area is 142 Å². The van der Waals surface area contributed by atoms with Gasteiger partial charge in [-0.25, -0.2) is 9.78 Å². The van der Waals surface area contributed by atoms with Crippen molar-refractivity contribution < 1.29 is 4.79 Å². The lowest BCUT2D eigenvalue weighted by atomic mass is 10.3. The van der Waals surface area contributed by atoms with E-state index < -0.39 is 0 Å². The smallest absolute Gasteiger partial charge is 0.321 e. The van der Waals surface area contributed by atoms with Crippen molar-refractivity contribution in [1.29, 1.82) is 0 Å². The zero-order valence-corrected chi connectivity index (χ0v) is 14.1. The van der Waals surface area contributed by atoms with Gasteiger partial charge in [-0.15, -0.1) is 0 Å². The minimum Gasteiger partial charge on any atom is -0.352 e. The highest BCUT2D eigenvalue weighted by atomic mass is 127. The molecule has 1 aromatic heterocycles. The summed E-state index contributed by atoms with van der Waals surface area (Å²) >= 11 is 2.24. The van der Waals surface area contributed by atoms with Gasteiger partial charge in [0.05, 0.1) is 6.20 Å². The van der Waals surface area contributed by atoms with Crippen molar-refractivity contribution in [3.05, 3.63) is 46.4 Å². The number of hydrogen-bond acceptors (Lipinski definition) is 4. The molecule has 1 N–H and O–H groups in total. The number of carbonyl (C=O) groups is 1. The van der Waals surface area contributed by atoms with Crippen LogP contribution in [0.5, 0.6) is 0 Å². The first-order valence-corrected chi connectivity index (χ1v) is 8.13. The Morgan fingerprint density at radius 1 is 1.09 bits per heavy atom. The molecule has 1 aliphatic heterocycles. The van der Waals surface area contributed by atoms with Gasteiger partial charge in [-0.1, -0.05) is 0 Å². The fourth-order valence-electron chi connectivity index (χ4n) is 2.33. The molecule has 0 bridgehead atoms. The quantitative estimate of drug-likeness (QED) is 0.775. The molecule has 1 aromatic carbocycles. The third kappa shape index (κ3) is 3.65. The van der Waals surface area contributed by atoms with Crippen LogP contribution >= 0.6 is 22.6 Å². The van der Waals surface area contributed by atoms with Crippen LogP contribution in [0.25, 0.3) is 0 Å². The van der Waals surface area contributed by atoms with Gasteiger partial charge in [0.25, 0.3) is 0 Å². The molecule has 0 aliphatic carbocycles. The number of aromatic nitrogens is 2. The van der Waals surface area contributed by atoms with Crippen LogP contribution in [0, 0.1) is 3.57 Å². The number of urea groups is 1. The highest BCUT2D eigenvalue weighted by Gasteiger charge is 2.21. The monoisotopic (exact) mass is 409 g/mol. The van der Waals surface area contributed by atoms with Gasteiger partial charge in [-0.3, -0.25) is 4.98 Å². The maximum Gasteiger partial charge on any atom is 0.321 e. The number of halogens is 1. The lowest BCUT2D eigenvalue weighted by Gasteiger charge is -2.35. The molecular formula is C15H16IN5O. The fraction of sp³-hybridized carbons (Fsp3) is 0.267. The van der Waals surface area contributed by atoms with Gasteiger partial charge in [0.2, 0.25) is 0 Å². The number of anilines is 2. The van der Waals surface area contributed by atoms with Gasteiger partial charge < -0.3 is 15.1 Å². The Morgan fingerprint density at radius 3 is 2.45 bits per heavy atom. The predicted molar refractivity (Wildman–Crippen MR) is 94.0 cm³/mol. The van der Waals surface area contributed by atoms with E-state index >= 15 is 0 Å². The third-order valence-electron chi connectivity index (χ3n) is 3.54. The summed E-state index contributed by atoms with van der Waals surface area (Å²) in [5.74, 6) is 0.861. The van der Waals surface area contributed by atoms with Gasteiger partial charge in [0.15, 0.2) is 0 Å². The molecule has 114 valence electrons. The van der Waals surface area contributed by atoms with Crippen molar-refractivity contribution in [2.75, 3.05) is 36.4 Å².